The number of hydrogen-bond acceptors (Lipinski definition) is 0. The Hall–Kier alpha value is -1.97. The Labute approximate surface area is 160 Å². The maximum absolute atomic E-state index is 14.3. The van der Waals surface area contributed by atoms with Crippen LogP contribution < -0.4 is 0 Å². The molecule has 0 nitrogen and oxygen atoms in total. The third kappa shape index (κ3) is 3.22. The van der Waals surface area contributed by atoms with E-state index in [-0.39, 0.29) is 16.1 Å². The van der Waals surface area contributed by atoms with Gasteiger partial charge >= 0.3 is 0 Å². The lowest BCUT2D eigenvalue weighted by Gasteiger charge is -2.17. The first kappa shape index (κ1) is 18.8. The lowest BCUT2D eigenvalue weighted by atomic mass is 9.91. The van der Waals surface area contributed by atoms with E-state index in [1.165, 1.54) is 6.07 Å². The summed E-state index contributed by atoms with van der Waals surface area (Å²) in [4.78, 5) is 0. The Morgan fingerprint density at radius 1 is 0.692 bits per heavy atom. The molecule has 0 bridgehead atoms. The molecule has 0 unspecified atom stereocenters. The van der Waals surface area contributed by atoms with Gasteiger partial charge < -0.3 is 0 Å². The molecule has 5 heteroatoms. The fourth-order valence-corrected chi connectivity index (χ4v) is 4.00. The van der Waals surface area contributed by atoms with Gasteiger partial charge in [0.15, 0.2) is 0 Å². The molecule has 0 aliphatic carbocycles. The predicted molar refractivity (Wildman–Crippen MR) is 101 cm³/mol. The topological polar surface area (TPSA) is 0 Å². The SMILES string of the molecule is Cc1cc(C)c(-c2c(Cl)ccc(-c3c(F)cc(F)cc3F)c2Cl)c(C)c1. The summed E-state index contributed by atoms with van der Waals surface area (Å²) in [5.74, 6) is -3.02. The normalized spacial score (nSPS) is 11.1. The molecule has 0 amide bonds. The minimum atomic E-state index is -1.02. The van der Waals surface area contributed by atoms with Gasteiger partial charge in [-0.05, 0) is 43.5 Å². The van der Waals surface area contributed by atoms with E-state index in [9.17, 15) is 13.2 Å². The molecule has 0 aliphatic rings. The van der Waals surface area contributed by atoms with Crippen molar-refractivity contribution >= 4 is 23.2 Å². The van der Waals surface area contributed by atoms with Gasteiger partial charge in [-0.25, -0.2) is 13.2 Å². The molecule has 0 heterocycles. The Balaban J connectivity index is 2.34. The zero-order valence-electron chi connectivity index (χ0n) is 14.4. The molecule has 0 saturated carbocycles. The van der Waals surface area contributed by atoms with Gasteiger partial charge in [-0.1, -0.05) is 47.0 Å². The Bertz CT molecular complexity index is 980. The van der Waals surface area contributed by atoms with E-state index in [2.05, 4.69) is 0 Å². The summed E-state index contributed by atoms with van der Waals surface area (Å²) in [5, 5.41) is 0.494. The number of halogens is 5. The Kier molecular flexibility index (Phi) is 5.05. The second kappa shape index (κ2) is 6.98. The van der Waals surface area contributed by atoms with Crippen LogP contribution in [0.3, 0.4) is 0 Å². The van der Waals surface area contributed by atoms with Gasteiger partial charge in [0.05, 0.1) is 10.6 Å². The largest absolute Gasteiger partial charge is 0.207 e. The molecule has 0 aliphatic heterocycles. The molecule has 0 atom stereocenters. The first-order chi connectivity index (χ1) is 12.2. The maximum Gasteiger partial charge on any atom is 0.136 e. The molecule has 0 aromatic heterocycles. The maximum atomic E-state index is 14.3. The van der Waals surface area contributed by atoms with Crippen LogP contribution >= 0.6 is 23.2 Å². The summed E-state index contributed by atoms with van der Waals surface area (Å²) < 4.78 is 41.7. The minimum Gasteiger partial charge on any atom is -0.207 e. The summed E-state index contributed by atoms with van der Waals surface area (Å²) in [5.41, 5.74) is 4.05. The summed E-state index contributed by atoms with van der Waals surface area (Å²) >= 11 is 12.9. The first-order valence-corrected chi connectivity index (χ1v) is 8.67. The Morgan fingerprint density at radius 2 is 1.23 bits per heavy atom. The zero-order valence-corrected chi connectivity index (χ0v) is 15.9. The van der Waals surface area contributed by atoms with Crippen LogP contribution in [0.15, 0.2) is 36.4 Å². The average molecular weight is 395 g/mol. The van der Waals surface area contributed by atoms with E-state index in [4.69, 9.17) is 23.2 Å². The third-order valence-corrected chi connectivity index (χ3v) is 5.00. The quantitative estimate of drug-likeness (QED) is 0.418. The van der Waals surface area contributed by atoms with Crippen LogP contribution in [0, 0.1) is 38.2 Å². The van der Waals surface area contributed by atoms with Crippen LogP contribution in [-0.2, 0) is 0 Å². The molecular formula is C21H15Cl2F3. The van der Waals surface area contributed by atoms with Crippen LogP contribution in [-0.4, -0.2) is 0 Å². The standard InChI is InChI=1S/C21H15Cl2F3/c1-10-6-11(2)18(12(3)7-10)20-15(22)5-4-14(21(20)23)19-16(25)8-13(24)9-17(19)26/h4-9H,1-3H3. The third-order valence-electron chi connectivity index (χ3n) is 4.29. The molecule has 0 radical (unpaired) electrons. The predicted octanol–water partition coefficient (Wildman–Crippen LogP) is 7.67. The summed E-state index contributed by atoms with van der Waals surface area (Å²) in [6.45, 7) is 5.83. The highest BCUT2D eigenvalue weighted by molar-refractivity contribution is 6.41. The van der Waals surface area contributed by atoms with E-state index < -0.39 is 17.5 Å². The van der Waals surface area contributed by atoms with E-state index >= 15 is 0 Å². The van der Waals surface area contributed by atoms with E-state index in [0.29, 0.717) is 22.7 Å². The van der Waals surface area contributed by atoms with Crippen molar-refractivity contribution in [3.63, 3.8) is 0 Å². The number of benzene rings is 3. The Morgan fingerprint density at radius 3 is 1.77 bits per heavy atom. The van der Waals surface area contributed by atoms with Crippen molar-refractivity contribution in [1.82, 2.24) is 0 Å². The molecule has 3 aromatic carbocycles. The lowest BCUT2D eigenvalue weighted by molar-refractivity contribution is 0.548. The van der Waals surface area contributed by atoms with Crippen molar-refractivity contribution in [3.05, 3.63) is 80.6 Å². The van der Waals surface area contributed by atoms with Gasteiger partial charge in [0.25, 0.3) is 0 Å². The van der Waals surface area contributed by atoms with Crippen molar-refractivity contribution in [2.75, 3.05) is 0 Å². The molecule has 0 saturated heterocycles. The molecule has 26 heavy (non-hydrogen) atoms. The molecule has 0 N–H and O–H groups in total. The second-order valence-corrected chi connectivity index (χ2v) is 7.09. The number of hydrogen-bond donors (Lipinski definition) is 0. The average Bonchev–Trinajstić information content (AvgIpc) is 2.50. The van der Waals surface area contributed by atoms with E-state index in [1.54, 1.807) is 6.07 Å². The van der Waals surface area contributed by atoms with Crippen LogP contribution in [0.25, 0.3) is 22.3 Å². The fraction of sp³-hybridized carbons (Fsp3) is 0.143. The van der Waals surface area contributed by atoms with E-state index in [0.717, 1.165) is 22.3 Å². The fourth-order valence-electron chi connectivity index (χ4n) is 3.35. The van der Waals surface area contributed by atoms with Crippen molar-refractivity contribution in [2.24, 2.45) is 0 Å². The lowest BCUT2D eigenvalue weighted by Crippen LogP contribution is -1.97. The monoisotopic (exact) mass is 394 g/mol. The van der Waals surface area contributed by atoms with Crippen LogP contribution in [0.5, 0.6) is 0 Å². The highest BCUT2D eigenvalue weighted by Gasteiger charge is 2.22. The number of aryl methyl sites for hydroxylation is 3. The number of rotatable bonds is 2. The summed E-state index contributed by atoms with van der Waals surface area (Å²) in [6.07, 6.45) is 0. The smallest absolute Gasteiger partial charge is 0.136 e. The molecule has 3 aromatic rings. The molecule has 3 rings (SSSR count). The second-order valence-electron chi connectivity index (χ2n) is 6.30. The van der Waals surface area contributed by atoms with Crippen molar-refractivity contribution in [3.8, 4) is 22.3 Å². The van der Waals surface area contributed by atoms with Gasteiger partial charge in [-0.2, -0.15) is 0 Å². The van der Waals surface area contributed by atoms with Crippen LogP contribution in [0.4, 0.5) is 13.2 Å². The minimum absolute atomic E-state index is 0.122. The van der Waals surface area contributed by atoms with Crippen LogP contribution in [0.2, 0.25) is 10.0 Å². The molecule has 0 fully saturated rings. The van der Waals surface area contributed by atoms with Crippen LogP contribution in [0.1, 0.15) is 16.7 Å². The summed E-state index contributed by atoms with van der Waals surface area (Å²) in [6, 6.07) is 8.21. The van der Waals surface area contributed by atoms with Gasteiger partial charge in [0.1, 0.15) is 17.5 Å². The van der Waals surface area contributed by atoms with Gasteiger partial charge in [0.2, 0.25) is 0 Å². The zero-order chi connectivity index (χ0) is 19.2. The summed E-state index contributed by atoms with van der Waals surface area (Å²) in [7, 11) is 0. The van der Waals surface area contributed by atoms with Gasteiger partial charge in [-0.3, -0.25) is 0 Å². The van der Waals surface area contributed by atoms with Crippen molar-refractivity contribution in [2.45, 2.75) is 20.8 Å². The van der Waals surface area contributed by atoms with Gasteiger partial charge in [0, 0.05) is 28.3 Å². The molecule has 0 spiro atoms. The highest BCUT2D eigenvalue weighted by atomic mass is 35.5. The van der Waals surface area contributed by atoms with Gasteiger partial charge in [-0.15, -0.1) is 0 Å². The first-order valence-electron chi connectivity index (χ1n) is 7.91. The van der Waals surface area contributed by atoms with E-state index in [1.807, 2.05) is 32.9 Å². The van der Waals surface area contributed by atoms with Crippen molar-refractivity contribution in [1.29, 1.82) is 0 Å². The highest BCUT2D eigenvalue weighted by Crippen LogP contribution is 2.44. The van der Waals surface area contributed by atoms with Crippen molar-refractivity contribution < 1.29 is 13.2 Å². The molecular weight excluding hydrogens is 380 g/mol. The molecule has 134 valence electrons.